The van der Waals surface area contributed by atoms with Crippen LogP contribution in [0.3, 0.4) is 0 Å². The Hall–Kier alpha value is -2.90. The van der Waals surface area contributed by atoms with Crippen molar-refractivity contribution in [1.29, 1.82) is 0 Å². The maximum absolute atomic E-state index is 11.3. The molecule has 0 N–H and O–H groups in total. The molecule has 0 aliphatic carbocycles. The second-order valence-electron chi connectivity index (χ2n) is 5.79. The third-order valence-electron chi connectivity index (χ3n) is 3.64. The highest BCUT2D eigenvalue weighted by atomic mass is 16.6. The van der Waals surface area contributed by atoms with Crippen LogP contribution in [-0.2, 0) is 28.6 Å². The Morgan fingerprint density at radius 1 is 1.19 bits per heavy atom. The van der Waals surface area contributed by atoms with Gasteiger partial charge in [-0.2, -0.15) is 0 Å². The predicted octanol–water partition coefficient (Wildman–Crippen LogP) is 1.56. The first-order chi connectivity index (χ1) is 12.3. The first-order valence-corrected chi connectivity index (χ1v) is 8.07. The fourth-order valence-corrected chi connectivity index (χ4v) is 2.48. The predicted molar refractivity (Wildman–Crippen MR) is 91.0 cm³/mol. The molecule has 1 heterocycles. The Balaban J connectivity index is 2.22. The molecule has 0 fully saturated rings. The molecular formula is C18H21NO7. The number of carbonyl (C=O) groups excluding carboxylic acids is 3. The topological polar surface area (TPSA) is 100 Å². The highest BCUT2D eigenvalue weighted by molar-refractivity contribution is 5.97. The average Bonchev–Trinajstić information content (AvgIpc) is 3.02. The minimum Gasteiger partial charge on any atom is -0.475 e. The Labute approximate surface area is 151 Å². The molecule has 0 aromatic heterocycles. The Bertz CT molecular complexity index is 741. The van der Waals surface area contributed by atoms with Crippen molar-refractivity contribution in [2.45, 2.75) is 39.8 Å². The minimum absolute atomic E-state index is 0.105. The highest BCUT2D eigenvalue weighted by Gasteiger charge is 2.32. The number of rotatable bonds is 6. The summed E-state index contributed by atoms with van der Waals surface area (Å²) in [5.41, 5.74) is 1.37. The van der Waals surface area contributed by atoms with E-state index < -0.39 is 30.1 Å². The van der Waals surface area contributed by atoms with Gasteiger partial charge in [0.15, 0.2) is 6.10 Å². The van der Waals surface area contributed by atoms with Gasteiger partial charge in [0.1, 0.15) is 25.0 Å². The van der Waals surface area contributed by atoms with Crippen LogP contribution in [0.25, 0.3) is 0 Å². The van der Waals surface area contributed by atoms with Crippen molar-refractivity contribution >= 4 is 23.8 Å². The zero-order valence-electron chi connectivity index (χ0n) is 15.1. The van der Waals surface area contributed by atoms with Crippen LogP contribution in [0.1, 0.15) is 31.9 Å². The molecule has 1 aliphatic heterocycles. The van der Waals surface area contributed by atoms with E-state index in [1.807, 2.05) is 0 Å². The van der Waals surface area contributed by atoms with Crippen LogP contribution in [0.15, 0.2) is 23.2 Å². The van der Waals surface area contributed by atoms with Crippen LogP contribution >= 0.6 is 0 Å². The molecule has 1 aliphatic rings. The van der Waals surface area contributed by atoms with E-state index in [9.17, 15) is 14.4 Å². The van der Waals surface area contributed by atoms with Crippen LogP contribution in [0.2, 0.25) is 0 Å². The molecule has 0 saturated carbocycles. The van der Waals surface area contributed by atoms with Gasteiger partial charge in [0.2, 0.25) is 5.90 Å². The van der Waals surface area contributed by atoms with E-state index in [0.717, 1.165) is 0 Å². The number of hydrogen-bond donors (Lipinski definition) is 0. The van der Waals surface area contributed by atoms with Gasteiger partial charge in [-0.05, 0) is 19.1 Å². The third kappa shape index (κ3) is 5.05. The van der Waals surface area contributed by atoms with Crippen LogP contribution in [-0.4, -0.2) is 49.2 Å². The molecule has 2 atom stereocenters. The number of esters is 3. The number of benzene rings is 1. The molecule has 8 heteroatoms. The minimum atomic E-state index is -0.745. The van der Waals surface area contributed by atoms with E-state index in [2.05, 4.69) is 4.99 Å². The summed E-state index contributed by atoms with van der Waals surface area (Å²) in [6, 6.07) is 4.68. The summed E-state index contributed by atoms with van der Waals surface area (Å²) in [5.74, 6) is -0.634. The van der Waals surface area contributed by atoms with Crippen LogP contribution in [0.5, 0.6) is 5.75 Å². The van der Waals surface area contributed by atoms with Crippen molar-refractivity contribution in [1.82, 2.24) is 0 Å². The van der Waals surface area contributed by atoms with Crippen molar-refractivity contribution in [2.24, 2.45) is 4.99 Å². The van der Waals surface area contributed by atoms with Crippen molar-refractivity contribution in [2.75, 3.05) is 13.2 Å². The maximum atomic E-state index is 11.3. The number of nitrogens with zero attached hydrogens (tertiary/aromatic N) is 1. The van der Waals surface area contributed by atoms with E-state index in [-0.39, 0.29) is 13.2 Å². The monoisotopic (exact) mass is 363 g/mol. The molecular weight excluding hydrogens is 342 g/mol. The maximum Gasteiger partial charge on any atom is 0.308 e. The molecule has 2 rings (SSSR count). The van der Waals surface area contributed by atoms with Crippen LogP contribution in [0.4, 0.5) is 0 Å². The highest BCUT2D eigenvalue weighted by Crippen LogP contribution is 2.25. The molecule has 26 heavy (non-hydrogen) atoms. The first kappa shape index (κ1) is 19.4. The molecule has 1 aromatic rings. The summed E-state index contributed by atoms with van der Waals surface area (Å²) in [7, 11) is 0. The van der Waals surface area contributed by atoms with Crippen molar-refractivity contribution in [3.05, 3.63) is 29.3 Å². The second-order valence-corrected chi connectivity index (χ2v) is 5.79. The summed E-state index contributed by atoms with van der Waals surface area (Å²) in [5, 5.41) is 0. The quantitative estimate of drug-likeness (QED) is 0.558. The van der Waals surface area contributed by atoms with Gasteiger partial charge in [0.05, 0.1) is 0 Å². The lowest BCUT2D eigenvalue weighted by atomic mass is 10.1. The number of ether oxygens (including phenoxy) is 4. The molecule has 1 aromatic carbocycles. The number of hydrogen-bond acceptors (Lipinski definition) is 8. The lowest BCUT2D eigenvalue weighted by Gasteiger charge is -2.19. The van der Waals surface area contributed by atoms with E-state index in [1.54, 1.807) is 25.1 Å². The van der Waals surface area contributed by atoms with Gasteiger partial charge < -0.3 is 18.9 Å². The summed E-state index contributed by atoms with van der Waals surface area (Å²) in [6.45, 7) is 5.72. The number of carbonyl (C=O) groups is 3. The SMILES string of the molecule is CC(=O)OC[C@@H](OC(C)=O)[C@@H]1COC(c2cccc(OC(C)=O)c2C)=N1. The lowest BCUT2D eigenvalue weighted by Crippen LogP contribution is -2.35. The van der Waals surface area contributed by atoms with Gasteiger partial charge in [-0.15, -0.1) is 0 Å². The summed E-state index contributed by atoms with van der Waals surface area (Å²) < 4.78 is 20.9. The molecule has 0 spiro atoms. The van der Waals surface area contributed by atoms with Gasteiger partial charge in [-0.1, -0.05) is 6.07 Å². The van der Waals surface area contributed by atoms with E-state index in [1.165, 1.54) is 20.8 Å². The molecule has 0 radical (unpaired) electrons. The molecule has 0 bridgehead atoms. The fraction of sp³-hybridized carbons (Fsp3) is 0.444. The lowest BCUT2D eigenvalue weighted by molar-refractivity contribution is -0.157. The Kier molecular flexibility index (Phi) is 6.32. The Morgan fingerprint density at radius 3 is 2.54 bits per heavy atom. The van der Waals surface area contributed by atoms with Gasteiger partial charge in [-0.3, -0.25) is 14.4 Å². The van der Waals surface area contributed by atoms with E-state index >= 15 is 0 Å². The molecule has 8 nitrogen and oxygen atoms in total. The third-order valence-corrected chi connectivity index (χ3v) is 3.64. The fourth-order valence-electron chi connectivity index (χ4n) is 2.48. The first-order valence-electron chi connectivity index (χ1n) is 8.07. The normalized spacial score (nSPS) is 16.9. The van der Waals surface area contributed by atoms with Crippen molar-refractivity contribution in [3.8, 4) is 5.75 Å². The zero-order valence-corrected chi connectivity index (χ0v) is 15.1. The molecule has 0 saturated heterocycles. The Morgan fingerprint density at radius 2 is 1.92 bits per heavy atom. The van der Waals surface area contributed by atoms with Crippen LogP contribution < -0.4 is 4.74 Å². The second kappa shape index (κ2) is 8.46. The van der Waals surface area contributed by atoms with E-state index in [4.69, 9.17) is 18.9 Å². The van der Waals surface area contributed by atoms with Crippen molar-refractivity contribution < 1.29 is 33.3 Å². The molecule has 0 amide bonds. The summed E-state index contributed by atoms with van der Waals surface area (Å²) in [4.78, 5) is 38.0. The smallest absolute Gasteiger partial charge is 0.308 e. The van der Waals surface area contributed by atoms with E-state index in [0.29, 0.717) is 22.8 Å². The van der Waals surface area contributed by atoms with Gasteiger partial charge in [0, 0.05) is 31.9 Å². The largest absolute Gasteiger partial charge is 0.475 e. The molecule has 0 unspecified atom stereocenters. The zero-order chi connectivity index (χ0) is 19.3. The summed E-state index contributed by atoms with van der Waals surface area (Å²) >= 11 is 0. The standard InChI is InChI=1S/C18H21NO7/c1-10-14(6-5-7-16(10)25-12(3)21)18-19-15(8-24-18)17(26-13(4)22)9-23-11(2)20/h5-7,15,17H,8-9H2,1-4H3/t15-,17+/m0/s1. The summed E-state index contributed by atoms with van der Waals surface area (Å²) in [6.07, 6.45) is -0.745. The van der Waals surface area contributed by atoms with Gasteiger partial charge in [-0.25, -0.2) is 4.99 Å². The number of aliphatic imine (C=N–C) groups is 1. The average molecular weight is 363 g/mol. The van der Waals surface area contributed by atoms with Gasteiger partial charge >= 0.3 is 17.9 Å². The molecule has 140 valence electrons. The van der Waals surface area contributed by atoms with Crippen molar-refractivity contribution in [3.63, 3.8) is 0 Å². The van der Waals surface area contributed by atoms with Gasteiger partial charge in [0.25, 0.3) is 0 Å². The van der Waals surface area contributed by atoms with Crippen LogP contribution in [0, 0.1) is 6.92 Å².